The summed E-state index contributed by atoms with van der Waals surface area (Å²) < 4.78 is 28.5. The molecule has 0 atom stereocenters. The molecule has 1 aliphatic rings. The van der Waals surface area contributed by atoms with Crippen molar-refractivity contribution in [3.8, 4) is 5.75 Å². The second-order valence-electron chi connectivity index (χ2n) is 7.21. The molecule has 1 aromatic rings. The lowest BCUT2D eigenvalue weighted by molar-refractivity contribution is -0.142. The van der Waals surface area contributed by atoms with Crippen molar-refractivity contribution in [2.75, 3.05) is 18.4 Å². The predicted molar refractivity (Wildman–Crippen MR) is 90.5 cm³/mol. The smallest absolute Gasteiger partial charge is 0.387 e. The summed E-state index contributed by atoms with van der Waals surface area (Å²) in [4.78, 5) is 26.4. The highest BCUT2D eigenvalue weighted by Crippen LogP contribution is 2.25. The Morgan fingerprint density at radius 1 is 1.16 bits per heavy atom. The van der Waals surface area contributed by atoms with Crippen LogP contribution in [-0.4, -0.2) is 36.4 Å². The normalized spacial score (nSPS) is 16.0. The Balaban J connectivity index is 1.85. The number of hydrogen-bond donors (Lipinski definition) is 1. The van der Waals surface area contributed by atoms with E-state index in [1.54, 1.807) is 4.90 Å². The molecule has 1 heterocycles. The molecule has 5 nitrogen and oxygen atoms in total. The van der Waals surface area contributed by atoms with Crippen LogP contribution in [0.2, 0.25) is 0 Å². The average molecular weight is 354 g/mol. The molecule has 0 spiro atoms. The molecule has 0 radical (unpaired) electrons. The van der Waals surface area contributed by atoms with Crippen LogP contribution >= 0.6 is 0 Å². The van der Waals surface area contributed by atoms with Crippen molar-refractivity contribution in [3.63, 3.8) is 0 Å². The van der Waals surface area contributed by atoms with Crippen LogP contribution < -0.4 is 10.1 Å². The van der Waals surface area contributed by atoms with E-state index in [1.165, 1.54) is 24.3 Å². The van der Waals surface area contributed by atoms with E-state index in [-0.39, 0.29) is 23.5 Å². The molecule has 25 heavy (non-hydrogen) atoms. The standard InChI is InChI=1S/C18H24F2N2O3/c1-18(2,3)16(24)22-10-8-12(9-11-22)15(23)21-13-4-6-14(7-5-13)25-17(19)20/h4-7,12,17H,8-11H2,1-3H3,(H,21,23). The molecule has 1 fully saturated rings. The van der Waals surface area contributed by atoms with Crippen LogP contribution in [0.4, 0.5) is 14.5 Å². The predicted octanol–water partition coefficient (Wildman–Crippen LogP) is 3.51. The summed E-state index contributed by atoms with van der Waals surface area (Å²) in [5, 5.41) is 2.78. The Bertz CT molecular complexity index is 604. The van der Waals surface area contributed by atoms with E-state index in [9.17, 15) is 18.4 Å². The number of carbonyl (C=O) groups excluding carboxylic acids is 2. The van der Waals surface area contributed by atoms with Crippen LogP contribution in [0.15, 0.2) is 24.3 Å². The highest BCUT2D eigenvalue weighted by atomic mass is 19.3. The van der Waals surface area contributed by atoms with Crippen LogP contribution in [0, 0.1) is 11.3 Å². The molecule has 0 aromatic heterocycles. The third-order valence-electron chi connectivity index (χ3n) is 4.14. The lowest BCUT2D eigenvalue weighted by Gasteiger charge is -2.35. The van der Waals surface area contributed by atoms with E-state index >= 15 is 0 Å². The van der Waals surface area contributed by atoms with Crippen LogP contribution in [-0.2, 0) is 9.59 Å². The Hall–Kier alpha value is -2.18. The van der Waals surface area contributed by atoms with Gasteiger partial charge < -0.3 is 15.0 Å². The highest BCUT2D eigenvalue weighted by molar-refractivity contribution is 5.92. The lowest BCUT2D eigenvalue weighted by atomic mass is 9.90. The molecule has 7 heteroatoms. The molecule has 1 N–H and O–H groups in total. The van der Waals surface area contributed by atoms with Gasteiger partial charge in [-0.3, -0.25) is 9.59 Å². The van der Waals surface area contributed by atoms with Crippen molar-refractivity contribution in [3.05, 3.63) is 24.3 Å². The summed E-state index contributed by atoms with van der Waals surface area (Å²) in [5.41, 5.74) is 0.108. The molecule has 138 valence electrons. The van der Waals surface area contributed by atoms with Gasteiger partial charge >= 0.3 is 6.61 Å². The van der Waals surface area contributed by atoms with Gasteiger partial charge in [-0.1, -0.05) is 20.8 Å². The van der Waals surface area contributed by atoms with Crippen LogP contribution in [0.25, 0.3) is 0 Å². The zero-order chi connectivity index (χ0) is 18.6. The third-order valence-corrected chi connectivity index (χ3v) is 4.14. The molecule has 1 aromatic carbocycles. The number of alkyl halides is 2. The molecule has 1 saturated heterocycles. The number of piperidine rings is 1. The molecule has 2 amide bonds. The zero-order valence-electron chi connectivity index (χ0n) is 14.7. The van der Waals surface area contributed by atoms with Crippen molar-refractivity contribution >= 4 is 17.5 Å². The first kappa shape index (κ1) is 19.1. The van der Waals surface area contributed by atoms with Gasteiger partial charge in [0.1, 0.15) is 5.75 Å². The lowest BCUT2D eigenvalue weighted by Crippen LogP contribution is -2.45. The minimum absolute atomic E-state index is 0.0435. The molecule has 0 saturated carbocycles. The largest absolute Gasteiger partial charge is 0.435 e. The molecule has 0 bridgehead atoms. The van der Waals surface area contributed by atoms with Crippen molar-refractivity contribution in [2.45, 2.75) is 40.2 Å². The minimum atomic E-state index is -2.87. The fourth-order valence-electron chi connectivity index (χ4n) is 2.78. The quantitative estimate of drug-likeness (QED) is 0.900. The fourth-order valence-corrected chi connectivity index (χ4v) is 2.78. The average Bonchev–Trinajstić information content (AvgIpc) is 2.55. The van der Waals surface area contributed by atoms with Gasteiger partial charge in [-0.15, -0.1) is 0 Å². The number of halogens is 2. The number of ether oxygens (including phenoxy) is 1. The van der Waals surface area contributed by atoms with Crippen molar-refractivity contribution in [2.24, 2.45) is 11.3 Å². The number of anilines is 1. The van der Waals surface area contributed by atoms with Crippen LogP contribution in [0.3, 0.4) is 0 Å². The van der Waals surface area contributed by atoms with E-state index in [2.05, 4.69) is 10.1 Å². The van der Waals surface area contributed by atoms with Gasteiger partial charge in [0, 0.05) is 30.1 Å². The molecule has 0 unspecified atom stereocenters. The first-order chi connectivity index (χ1) is 11.7. The summed E-state index contributed by atoms with van der Waals surface area (Å²) in [5.74, 6) is -0.144. The Morgan fingerprint density at radius 2 is 1.72 bits per heavy atom. The SMILES string of the molecule is CC(C)(C)C(=O)N1CCC(C(=O)Nc2ccc(OC(F)F)cc2)CC1. The second-order valence-corrected chi connectivity index (χ2v) is 7.21. The molecule has 1 aliphatic heterocycles. The summed E-state index contributed by atoms with van der Waals surface area (Å²) in [6.45, 7) is 3.91. The molecular formula is C18H24F2N2O3. The van der Waals surface area contributed by atoms with E-state index in [0.717, 1.165) is 0 Å². The topological polar surface area (TPSA) is 58.6 Å². The summed E-state index contributed by atoms with van der Waals surface area (Å²) >= 11 is 0. The minimum Gasteiger partial charge on any atom is -0.435 e. The third kappa shape index (κ3) is 5.41. The van der Waals surface area contributed by atoms with E-state index in [0.29, 0.717) is 31.6 Å². The first-order valence-corrected chi connectivity index (χ1v) is 8.32. The number of carbonyl (C=O) groups is 2. The Labute approximate surface area is 146 Å². The molecular weight excluding hydrogens is 330 g/mol. The number of amides is 2. The highest BCUT2D eigenvalue weighted by Gasteiger charge is 2.32. The maximum atomic E-state index is 12.3. The number of rotatable bonds is 4. The second kappa shape index (κ2) is 7.80. The Kier molecular flexibility index (Phi) is 5.98. The maximum Gasteiger partial charge on any atom is 0.387 e. The van der Waals surface area contributed by atoms with Gasteiger partial charge in [-0.25, -0.2) is 0 Å². The monoisotopic (exact) mass is 354 g/mol. The van der Waals surface area contributed by atoms with Gasteiger partial charge in [-0.2, -0.15) is 8.78 Å². The van der Waals surface area contributed by atoms with Gasteiger partial charge in [0.25, 0.3) is 0 Å². The fraction of sp³-hybridized carbons (Fsp3) is 0.556. The molecule has 2 rings (SSSR count). The molecule has 0 aliphatic carbocycles. The van der Waals surface area contributed by atoms with Gasteiger partial charge in [0.05, 0.1) is 0 Å². The van der Waals surface area contributed by atoms with E-state index in [1.807, 2.05) is 20.8 Å². The van der Waals surface area contributed by atoms with E-state index in [4.69, 9.17) is 0 Å². The van der Waals surface area contributed by atoms with Crippen molar-refractivity contribution in [1.82, 2.24) is 4.90 Å². The van der Waals surface area contributed by atoms with Gasteiger partial charge in [0.15, 0.2) is 0 Å². The summed E-state index contributed by atoms with van der Waals surface area (Å²) in [7, 11) is 0. The number of hydrogen-bond acceptors (Lipinski definition) is 3. The maximum absolute atomic E-state index is 12.3. The number of benzene rings is 1. The summed E-state index contributed by atoms with van der Waals surface area (Å²) in [6, 6.07) is 5.81. The van der Waals surface area contributed by atoms with Crippen LogP contribution in [0.5, 0.6) is 5.75 Å². The number of nitrogens with one attached hydrogen (secondary N) is 1. The van der Waals surface area contributed by atoms with Crippen molar-refractivity contribution < 1.29 is 23.1 Å². The van der Waals surface area contributed by atoms with E-state index < -0.39 is 12.0 Å². The van der Waals surface area contributed by atoms with Crippen LogP contribution in [0.1, 0.15) is 33.6 Å². The van der Waals surface area contributed by atoms with Gasteiger partial charge in [-0.05, 0) is 37.1 Å². The Morgan fingerprint density at radius 3 is 2.20 bits per heavy atom. The summed E-state index contributed by atoms with van der Waals surface area (Å²) in [6.07, 6.45) is 1.22. The van der Waals surface area contributed by atoms with Crippen molar-refractivity contribution in [1.29, 1.82) is 0 Å². The number of nitrogens with zero attached hydrogens (tertiary/aromatic N) is 1. The van der Waals surface area contributed by atoms with Gasteiger partial charge in [0.2, 0.25) is 11.8 Å². The first-order valence-electron chi connectivity index (χ1n) is 8.32. The number of likely N-dealkylation sites (tertiary alicyclic amines) is 1. The zero-order valence-corrected chi connectivity index (χ0v) is 14.7.